The third-order valence-corrected chi connectivity index (χ3v) is 2.29. The zero-order chi connectivity index (χ0) is 10.7. The van der Waals surface area contributed by atoms with E-state index in [4.69, 9.17) is 5.26 Å². The van der Waals surface area contributed by atoms with Crippen molar-refractivity contribution >= 4 is 6.21 Å². The highest BCUT2D eigenvalue weighted by Gasteiger charge is 2.38. The largest absolute Gasteiger partial charge is 0.363 e. The minimum absolute atomic E-state index is 0.322. The van der Waals surface area contributed by atoms with Gasteiger partial charge >= 0.3 is 0 Å². The quantitative estimate of drug-likeness (QED) is 0.697. The Hall–Kier alpha value is -2.53. The molecule has 1 aromatic heterocycles. The molecule has 1 aliphatic heterocycles. The van der Waals surface area contributed by atoms with E-state index in [9.17, 15) is 5.26 Å². The second-order valence-electron chi connectivity index (χ2n) is 3.06. The lowest BCUT2D eigenvalue weighted by Crippen LogP contribution is -2.33. The number of aromatic amines is 1. The molecule has 0 saturated heterocycles. The van der Waals surface area contributed by atoms with Crippen molar-refractivity contribution in [2.75, 3.05) is 0 Å². The normalized spacial score (nSPS) is 23.5. The van der Waals surface area contributed by atoms with E-state index in [1.807, 2.05) is 6.07 Å². The summed E-state index contributed by atoms with van der Waals surface area (Å²) < 4.78 is 0. The number of allylic oxidation sites excluding steroid dienone is 1. The lowest BCUT2D eigenvalue weighted by molar-refractivity contribution is 0.795. The molecule has 2 heterocycles. The van der Waals surface area contributed by atoms with E-state index in [2.05, 4.69) is 21.6 Å². The van der Waals surface area contributed by atoms with Crippen LogP contribution in [0, 0.1) is 22.7 Å². The molecule has 5 heteroatoms. The SMILES string of the molecule is N#CC1=CNN=CC1(C#N)c1ccc[nH]1. The first-order chi connectivity index (χ1) is 7.33. The van der Waals surface area contributed by atoms with Crippen LogP contribution in [-0.2, 0) is 5.41 Å². The maximum Gasteiger partial charge on any atom is 0.170 e. The van der Waals surface area contributed by atoms with Crippen molar-refractivity contribution in [2.24, 2.45) is 5.10 Å². The number of hydrazone groups is 1. The number of aromatic nitrogens is 1. The zero-order valence-corrected chi connectivity index (χ0v) is 7.73. The molecule has 5 nitrogen and oxygen atoms in total. The third-order valence-electron chi connectivity index (χ3n) is 2.29. The molecule has 2 N–H and O–H groups in total. The van der Waals surface area contributed by atoms with Gasteiger partial charge < -0.3 is 4.98 Å². The summed E-state index contributed by atoms with van der Waals surface area (Å²) in [6.07, 6.45) is 4.57. The van der Waals surface area contributed by atoms with Crippen LogP contribution < -0.4 is 5.43 Å². The summed E-state index contributed by atoms with van der Waals surface area (Å²) >= 11 is 0. The van der Waals surface area contributed by atoms with Crippen LogP contribution in [0.15, 0.2) is 35.2 Å². The van der Waals surface area contributed by atoms with Gasteiger partial charge in [-0.3, -0.25) is 5.43 Å². The number of hydrogen-bond donors (Lipinski definition) is 2. The highest BCUT2D eigenvalue weighted by atomic mass is 15.3. The Bertz CT molecular complexity index is 497. The van der Waals surface area contributed by atoms with E-state index in [1.165, 1.54) is 12.4 Å². The number of hydrogen-bond acceptors (Lipinski definition) is 4. The van der Waals surface area contributed by atoms with Crippen LogP contribution in [0.4, 0.5) is 0 Å². The molecular formula is C10H7N5. The number of nitriles is 2. The maximum atomic E-state index is 9.23. The minimum Gasteiger partial charge on any atom is -0.363 e. The molecule has 2 rings (SSSR count). The Balaban J connectivity index is 2.60. The molecule has 1 aromatic rings. The van der Waals surface area contributed by atoms with Gasteiger partial charge in [0.25, 0.3) is 0 Å². The Morgan fingerprint density at radius 1 is 1.40 bits per heavy atom. The summed E-state index contributed by atoms with van der Waals surface area (Å²) in [5.41, 5.74) is 2.43. The summed E-state index contributed by atoms with van der Waals surface area (Å²) in [6, 6.07) is 7.64. The molecule has 1 unspecified atom stereocenters. The fraction of sp³-hybridized carbons (Fsp3) is 0.100. The molecule has 0 fully saturated rings. The molecule has 0 radical (unpaired) electrons. The molecule has 0 spiro atoms. The summed E-state index contributed by atoms with van der Waals surface area (Å²) in [7, 11) is 0. The molecule has 72 valence electrons. The summed E-state index contributed by atoms with van der Waals surface area (Å²) in [4.78, 5) is 2.93. The second kappa shape index (κ2) is 3.32. The Morgan fingerprint density at radius 2 is 2.27 bits per heavy atom. The van der Waals surface area contributed by atoms with Gasteiger partial charge in [0.15, 0.2) is 5.41 Å². The molecule has 1 atom stereocenters. The summed E-state index contributed by atoms with van der Waals surface area (Å²) in [5.74, 6) is 0. The molecule has 15 heavy (non-hydrogen) atoms. The number of rotatable bonds is 1. The number of nitrogens with one attached hydrogen (secondary N) is 2. The Kier molecular flexibility index (Phi) is 2.00. The van der Waals surface area contributed by atoms with E-state index < -0.39 is 5.41 Å². The summed E-state index contributed by atoms with van der Waals surface area (Å²) in [5, 5.41) is 22.0. The van der Waals surface area contributed by atoms with Gasteiger partial charge in [0, 0.05) is 18.1 Å². The van der Waals surface area contributed by atoms with Gasteiger partial charge in [-0.15, -0.1) is 0 Å². The topological polar surface area (TPSA) is 87.8 Å². The minimum atomic E-state index is -1.09. The van der Waals surface area contributed by atoms with Crippen LogP contribution in [-0.4, -0.2) is 11.2 Å². The van der Waals surface area contributed by atoms with E-state index in [0.29, 0.717) is 11.3 Å². The maximum absolute atomic E-state index is 9.23. The van der Waals surface area contributed by atoms with Gasteiger partial charge in [0.2, 0.25) is 0 Å². The molecule has 0 aromatic carbocycles. The molecule has 0 bridgehead atoms. The second-order valence-corrected chi connectivity index (χ2v) is 3.06. The predicted molar refractivity (Wildman–Crippen MR) is 53.4 cm³/mol. The highest BCUT2D eigenvalue weighted by molar-refractivity contribution is 5.85. The van der Waals surface area contributed by atoms with E-state index in [0.717, 1.165) is 0 Å². The van der Waals surface area contributed by atoms with Gasteiger partial charge in [-0.05, 0) is 12.1 Å². The third kappa shape index (κ3) is 1.18. The van der Waals surface area contributed by atoms with Crippen molar-refractivity contribution in [1.29, 1.82) is 10.5 Å². The lowest BCUT2D eigenvalue weighted by Gasteiger charge is -2.22. The first-order valence-electron chi connectivity index (χ1n) is 4.29. The van der Waals surface area contributed by atoms with Crippen molar-refractivity contribution < 1.29 is 0 Å². The zero-order valence-electron chi connectivity index (χ0n) is 7.73. The van der Waals surface area contributed by atoms with E-state index >= 15 is 0 Å². The van der Waals surface area contributed by atoms with E-state index in [-0.39, 0.29) is 0 Å². The van der Waals surface area contributed by atoms with Crippen molar-refractivity contribution in [3.05, 3.63) is 35.8 Å². The van der Waals surface area contributed by atoms with Gasteiger partial charge in [-0.25, -0.2) is 0 Å². The molecular weight excluding hydrogens is 190 g/mol. The predicted octanol–water partition coefficient (Wildman–Crippen LogP) is 0.773. The standard InChI is InChI=1S/C10H7N5/c11-4-8-5-14-15-7-10(8,6-12)9-2-1-3-13-9/h1-3,5,7,13-14H. The molecule has 1 aliphatic rings. The van der Waals surface area contributed by atoms with Crippen LogP contribution in [0.3, 0.4) is 0 Å². The molecule has 0 saturated carbocycles. The Labute approximate surface area is 86.3 Å². The highest BCUT2D eigenvalue weighted by Crippen LogP contribution is 2.29. The fourth-order valence-electron chi connectivity index (χ4n) is 1.48. The average Bonchev–Trinajstić information content (AvgIpc) is 2.82. The fourth-order valence-corrected chi connectivity index (χ4v) is 1.48. The van der Waals surface area contributed by atoms with Crippen molar-refractivity contribution in [2.45, 2.75) is 5.41 Å². The van der Waals surface area contributed by atoms with Crippen LogP contribution in [0.2, 0.25) is 0 Å². The number of H-pyrrole nitrogens is 1. The van der Waals surface area contributed by atoms with Gasteiger partial charge in [-0.2, -0.15) is 15.6 Å². The van der Waals surface area contributed by atoms with Crippen LogP contribution in [0.25, 0.3) is 0 Å². The smallest absolute Gasteiger partial charge is 0.170 e. The summed E-state index contributed by atoms with van der Waals surface area (Å²) in [6.45, 7) is 0. The van der Waals surface area contributed by atoms with Gasteiger partial charge in [-0.1, -0.05) is 0 Å². The first kappa shape index (κ1) is 9.04. The monoisotopic (exact) mass is 197 g/mol. The van der Waals surface area contributed by atoms with Crippen LogP contribution >= 0.6 is 0 Å². The molecule has 0 aliphatic carbocycles. The van der Waals surface area contributed by atoms with Crippen LogP contribution in [0.1, 0.15) is 5.69 Å². The number of nitrogens with zero attached hydrogens (tertiary/aromatic N) is 3. The van der Waals surface area contributed by atoms with Crippen molar-refractivity contribution in [3.8, 4) is 12.1 Å². The van der Waals surface area contributed by atoms with Crippen molar-refractivity contribution in [1.82, 2.24) is 10.4 Å². The first-order valence-corrected chi connectivity index (χ1v) is 4.29. The van der Waals surface area contributed by atoms with Crippen LogP contribution in [0.5, 0.6) is 0 Å². The van der Waals surface area contributed by atoms with E-state index in [1.54, 1.807) is 18.3 Å². The lowest BCUT2D eigenvalue weighted by atomic mass is 9.80. The van der Waals surface area contributed by atoms with Gasteiger partial charge in [0.05, 0.1) is 23.9 Å². The molecule has 0 amide bonds. The average molecular weight is 197 g/mol. The van der Waals surface area contributed by atoms with Gasteiger partial charge in [0.1, 0.15) is 0 Å². The van der Waals surface area contributed by atoms with Crippen molar-refractivity contribution in [3.63, 3.8) is 0 Å². The Morgan fingerprint density at radius 3 is 2.87 bits per heavy atom.